The van der Waals surface area contributed by atoms with Gasteiger partial charge in [-0.2, -0.15) is 0 Å². The molecule has 21 heavy (non-hydrogen) atoms. The predicted molar refractivity (Wildman–Crippen MR) is 91.6 cm³/mol. The minimum Gasteiger partial charge on any atom is -0.399 e. The van der Waals surface area contributed by atoms with Gasteiger partial charge in [0.05, 0.1) is 0 Å². The monoisotopic (exact) mass is 345 g/mol. The summed E-state index contributed by atoms with van der Waals surface area (Å²) >= 11 is 3.62. The van der Waals surface area contributed by atoms with Crippen molar-refractivity contribution >= 4 is 21.6 Å². The third kappa shape index (κ3) is 2.19. The van der Waals surface area contributed by atoms with Gasteiger partial charge in [-0.3, -0.25) is 0 Å². The van der Waals surface area contributed by atoms with Gasteiger partial charge in [0, 0.05) is 29.3 Å². The fraction of sp³-hybridized carbons (Fsp3) is 0.333. The van der Waals surface area contributed by atoms with Gasteiger partial charge in [0.1, 0.15) is 0 Å². The highest BCUT2D eigenvalue weighted by molar-refractivity contribution is 9.10. The van der Waals surface area contributed by atoms with Gasteiger partial charge in [-0.05, 0) is 59.4 Å². The Morgan fingerprint density at radius 3 is 2.43 bits per heavy atom. The minimum absolute atomic E-state index is 0.000162. The largest absolute Gasteiger partial charge is 0.399 e. The van der Waals surface area contributed by atoms with Crippen molar-refractivity contribution < 1.29 is 4.74 Å². The van der Waals surface area contributed by atoms with Crippen LogP contribution < -0.4 is 5.73 Å². The molecule has 0 saturated heterocycles. The van der Waals surface area contributed by atoms with Crippen LogP contribution in [-0.4, -0.2) is 13.7 Å². The number of rotatable bonds is 4. The maximum Gasteiger partial charge on any atom is 0.0474 e. The second-order valence-corrected chi connectivity index (χ2v) is 6.59. The van der Waals surface area contributed by atoms with Crippen LogP contribution in [0.3, 0.4) is 0 Å². The number of nitrogen functional groups attached to an aromatic ring is 1. The van der Waals surface area contributed by atoms with Crippen molar-refractivity contribution in [3.05, 3.63) is 52.0 Å². The van der Waals surface area contributed by atoms with Crippen LogP contribution in [0.2, 0.25) is 0 Å². The number of hydrogen-bond acceptors (Lipinski definition) is 2. The highest BCUT2D eigenvalue weighted by Crippen LogP contribution is 2.53. The summed E-state index contributed by atoms with van der Waals surface area (Å²) in [5.41, 5.74) is 12.3. The van der Waals surface area contributed by atoms with Gasteiger partial charge in [0.25, 0.3) is 0 Å². The minimum atomic E-state index is -0.000162. The lowest BCUT2D eigenvalue weighted by Gasteiger charge is -2.31. The highest BCUT2D eigenvalue weighted by atomic mass is 79.9. The number of methoxy groups -OCH3 is 1. The van der Waals surface area contributed by atoms with Crippen LogP contribution in [0.25, 0.3) is 11.1 Å². The molecular formula is C18H20BrNO. The van der Waals surface area contributed by atoms with Crippen molar-refractivity contribution in [1.82, 2.24) is 0 Å². The van der Waals surface area contributed by atoms with Gasteiger partial charge in [-0.25, -0.2) is 0 Å². The van der Waals surface area contributed by atoms with Crippen molar-refractivity contribution in [3.8, 4) is 11.1 Å². The standard InChI is InChI=1S/C18H20BrNO/c1-3-18(8-9-21-2)16-10-12(19)4-6-14(16)15-7-5-13(20)11-17(15)18/h4-7,10-11H,3,8-9,20H2,1-2H3. The molecule has 0 saturated carbocycles. The van der Waals surface area contributed by atoms with E-state index in [0.717, 1.165) is 29.6 Å². The fourth-order valence-corrected chi connectivity index (χ4v) is 3.95. The molecule has 0 radical (unpaired) electrons. The molecule has 0 amide bonds. The van der Waals surface area contributed by atoms with Gasteiger partial charge in [-0.1, -0.05) is 35.0 Å². The smallest absolute Gasteiger partial charge is 0.0474 e. The fourth-order valence-electron chi connectivity index (χ4n) is 3.59. The topological polar surface area (TPSA) is 35.2 Å². The zero-order valence-corrected chi connectivity index (χ0v) is 14.0. The van der Waals surface area contributed by atoms with Crippen LogP contribution in [0, 0.1) is 0 Å². The van der Waals surface area contributed by atoms with Crippen LogP contribution in [-0.2, 0) is 10.2 Å². The van der Waals surface area contributed by atoms with Crippen molar-refractivity contribution in [3.63, 3.8) is 0 Å². The van der Waals surface area contributed by atoms with E-state index in [9.17, 15) is 0 Å². The Morgan fingerprint density at radius 2 is 1.76 bits per heavy atom. The number of hydrogen-bond donors (Lipinski definition) is 1. The molecule has 1 aliphatic rings. The van der Waals surface area contributed by atoms with Gasteiger partial charge in [0.2, 0.25) is 0 Å². The lowest BCUT2D eigenvalue weighted by atomic mass is 9.73. The van der Waals surface area contributed by atoms with E-state index in [1.807, 2.05) is 6.07 Å². The van der Waals surface area contributed by atoms with Crippen LogP contribution in [0.5, 0.6) is 0 Å². The molecule has 3 heteroatoms. The van der Waals surface area contributed by atoms with Gasteiger partial charge in [-0.15, -0.1) is 0 Å². The molecule has 2 aromatic carbocycles. The molecule has 0 aromatic heterocycles. The first kappa shape index (κ1) is 14.6. The first-order chi connectivity index (χ1) is 10.1. The van der Waals surface area contributed by atoms with E-state index in [1.54, 1.807) is 7.11 Å². The Morgan fingerprint density at radius 1 is 1.10 bits per heavy atom. The molecule has 1 aliphatic carbocycles. The van der Waals surface area contributed by atoms with Crippen molar-refractivity contribution in [2.24, 2.45) is 0 Å². The number of halogens is 1. The Hall–Kier alpha value is -1.32. The lowest BCUT2D eigenvalue weighted by Crippen LogP contribution is -2.26. The van der Waals surface area contributed by atoms with E-state index in [0.29, 0.717) is 0 Å². The van der Waals surface area contributed by atoms with Gasteiger partial charge < -0.3 is 10.5 Å². The maximum absolute atomic E-state index is 6.06. The summed E-state index contributed by atoms with van der Waals surface area (Å²) in [7, 11) is 1.76. The molecule has 0 bridgehead atoms. The SMILES string of the molecule is CCC1(CCOC)c2cc(N)ccc2-c2ccc(Br)cc21. The Kier molecular flexibility index (Phi) is 3.80. The average molecular weight is 346 g/mol. The summed E-state index contributed by atoms with van der Waals surface area (Å²) in [6, 6.07) is 12.9. The molecule has 1 atom stereocenters. The molecule has 1 unspecified atom stereocenters. The molecule has 0 aliphatic heterocycles. The summed E-state index contributed by atoms with van der Waals surface area (Å²) in [5.74, 6) is 0. The molecule has 0 heterocycles. The van der Waals surface area contributed by atoms with Gasteiger partial charge >= 0.3 is 0 Å². The normalized spacial score (nSPS) is 19.4. The first-order valence-electron chi connectivity index (χ1n) is 7.31. The second kappa shape index (κ2) is 5.47. The number of ether oxygens (including phenoxy) is 1. The highest BCUT2D eigenvalue weighted by Gasteiger charge is 2.41. The summed E-state index contributed by atoms with van der Waals surface area (Å²) in [6.45, 7) is 2.99. The van der Waals surface area contributed by atoms with Crippen LogP contribution in [0.1, 0.15) is 30.9 Å². The number of anilines is 1. The van der Waals surface area contributed by atoms with E-state index >= 15 is 0 Å². The van der Waals surface area contributed by atoms with Crippen LogP contribution >= 0.6 is 15.9 Å². The van der Waals surface area contributed by atoms with E-state index in [1.165, 1.54) is 22.3 Å². The number of benzene rings is 2. The zero-order valence-electron chi connectivity index (χ0n) is 12.4. The van der Waals surface area contributed by atoms with Crippen molar-refractivity contribution in [1.29, 1.82) is 0 Å². The molecular weight excluding hydrogens is 326 g/mol. The number of nitrogens with two attached hydrogens (primary N) is 1. The zero-order chi connectivity index (χ0) is 15.0. The molecule has 0 spiro atoms. The van der Waals surface area contributed by atoms with Crippen LogP contribution in [0.15, 0.2) is 40.9 Å². The third-order valence-corrected chi connectivity index (χ3v) is 5.18. The van der Waals surface area contributed by atoms with E-state index in [4.69, 9.17) is 10.5 Å². The van der Waals surface area contributed by atoms with E-state index in [2.05, 4.69) is 53.2 Å². The summed E-state index contributed by atoms with van der Waals surface area (Å²) in [4.78, 5) is 0. The summed E-state index contributed by atoms with van der Waals surface area (Å²) in [6.07, 6.45) is 2.01. The van der Waals surface area contributed by atoms with Crippen molar-refractivity contribution in [2.45, 2.75) is 25.2 Å². The van der Waals surface area contributed by atoms with Crippen LogP contribution in [0.4, 0.5) is 5.69 Å². The summed E-state index contributed by atoms with van der Waals surface area (Å²) < 4.78 is 6.50. The molecule has 3 rings (SSSR count). The van der Waals surface area contributed by atoms with E-state index < -0.39 is 0 Å². The van der Waals surface area contributed by atoms with Gasteiger partial charge in [0.15, 0.2) is 0 Å². The maximum atomic E-state index is 6.06. The predicted octanol–water partition coefficient (Wildman–Crippen LogP) is 4.74. The Labute approximate surface area is 134 Å². The third-order valence-electron chi connectivity index (χ3n) is 4.68. The Bertz CT molecular complexity index is 629. The molecule has 0 fully saturated rings. The summed E-state index contributed by atoms with van der Waals surface area (Å²) in [5, 5.41) is 0. The van der Waals surface area contributed by atoms with Crippen molar-refractivity contribution in [2.75, 3.05) is 19.5 Å². The van der Waals surface area contributed by atoms with E-state index in [-0.39, 0.29) is 5.41 Å². The average Bonchev–Trinajstić information content (AvgIpc) is 2.74. The first-order valence-corrected chi connectivity index (χ1v) is 8.11. The quantitative estimate of drug-likeness (QED) is 0.812. The second-order valence-electron chi connectivity index (χ2n) is 5.67. The lowest BCUT2D eigenvalue weighted by molar-refractivity contribution is 0.175. The number of fused-ring (bicyclic) bond motifs is 3. The molecule has 2 N–H and O–H groups in total. The molecule has 2 nitrogen and oxygen atoms in total. The molecule has 2 aromatic rings. The molecule has 110 valence electrons. The Balaban J connectivity index is 2.27.